The Morgan fingerprint density at radius 1 is 1.00 bits per heavy atom. The van der Waals surface area contributed by atoms with Gasteiger partial charge in [-0.3, -0.25) is 19.5 Å². The Balaban J connectivity index is 1.50. The molecule has 0 unspecified atom stereocenters. The van der Waals surface area contributed by atoms with E-state index in [-0.39, 0.29) is 17.9 Å². The number of pyridine rings is 1. The zero-order valence-electron chi connectivity index (χ0n) is 18.7. The van der Waals surface area contributed by atoms with Gasteiger partial charge in [0.2, 0.25) is 5.91 Å². The maximum Gasteiger partial charge on any atom is 0.255 e. The molecule has 2 amide bonds. The second-order valence-corrected chi connectivity index (χ2v) is 9.26. The zero-order chi connectivity index (χ0) is 21.7. The Morgan fingerprint density at radius 2 is 1.68 bits per heavy atom. The van der Waals surface area contributed by atoms with Crippen LogP contribution in [-0.4, -0.2) is 64.4 Å². The van der Waals surface area contributed by atoms with E-state index in [0.717, 1.165) is 70.3 Å². The lowest BCUT2D eigenvalue weighted by Gasteiger charge is -2.35. The summed E-state index contributed by atoms with van der Waals surface area (Å²) in [6.07, 6.45) is 12.9. The van der Waals surface area contributed by atoms with Crippen LogP contribution in [-0.2, 0) is 4.79 Å². The van der Waals surface area contributed by atoms with Gasteiger partial charge in [-0.05, 0) is 64.6 Å². The quantitative estimate of drug-likeness (QED) is 0.758. The average Bonchev–Trinajstić information content (AvgIpc) is 3.52. The molecule has 6 nitrogen and oxygen atoms in total. The van der Waals surface area contributed by atoms with E-state index in [0.29, 0.717) is 5.56 Å². The molecule has 0 aromatic carbocycles. The van der Waals surface area contributed by atoms with Crippen LogP contribution in [0.4, 0.5) is 0 Å². The molecule has 4 rings (SSSR count). The molecular formula is C25H34N4O2. The number of aromatic nitrogens is 1. The molecule has 1 aromatic heterocycles. The smallest absolute Gasteiger partial charge is 0.255 e. The summed E-state index contributed by atoms with van der Waals surface area (Å²) in [4.78, 5) is 34.1. The standard InChI is InChI=1S/C25H34N4O2/c1-20(28-13-5-6-14-28)23(30)27-25(10-3-2-4-11-25)12-9-21-17-22(19-26-18-21)24(31)29-15-7-8-16-29/h17-20H,2-8,10-11,13-16H2,1H3,(H,27,30)/t20-/m1/s1. The van der Waals surface area contributed by atoms with Crippen LogP contribution in [0.2, 0.25) is 0 Å². The van der Waals surface area contributed by atoms with Gasteiger partial charge in [-0.1, -0.05) is 31.1 Å². The van der Waals surface area contributed by atoms with Crippen molar-refractivity contribution >= 4 is 11.8 Å². The Kier molecular flexibility index (Phi) is 6.92. The molecule has 2 saturated heterocycles. The van der Waals surface area contributed by atoms with Crippen molar-refractivity contribution in [2.45, 2.75) is 76.3 Å². The molecule has 0 spiro atoms. The summed E-state index contributed by atoms with van der Waals surface area (Å²) in [5, 5.41) is 3.31. The van der Waals surface area contributed by atoms with Crippen molar-refractivity contribution in [3.63, 3.8) is 0 Å². The largest absolute Gasteiger partial charge is 0.339 e. The third-order valence-electron chi connectivity index (χ3n) is 6.96. The SMILES string of the molecule is C[C@H](C(=O)NC1(C#Cc2cncc(C(=O)N3CCCC3)c2)CCCCC1)N1CCCC1. The monoisotopic (exact) mass is 422 g/mol. The predicted octanol–water partition coefficient (Wildman–Crippen LogP) is 2.97. The molecule has 166 valence electrons. The van der Waals surface area contributed by atoms with Gasteiger partial charge in [-0.2, -0.15) is 0 Å². The van der Waals surface area contributed by atoms with E-state index in [1.165, 1.54) is 19.3 Å². The molecule has 3 fully saturated rings. The fourth-order valence-electron chi connectivity index (χ4n) is 4.99. The average molecular weight is 423 g/mol. The van der Waals surface area contributed by atoms with Gasteiger partial charge in [-0.15, -0.1) is 0 Å². The van der Waals surface area contributed by atoms with Gasteiger partial charge in [0, 0.05) is 31.0 Å². The van der Waals surface area contributed by atoms with E-state index >= 15 is 0 Å². The summed E-state index contributed by atoms with van der Waals surface area (Å²) in [6.45, 7) is 5.63. The minimum absolute atomic E-state index is 0.0359. The van der Waals surface area contributed by atoms with Crippen molar-refractivity contribution < 1.29 is 9.59 Å². The summed E-state index contributed by atoms with van der Waals surface area (Å²) in [5.41, 5.74) is 0.841. The van der Waals surface area contributed by atoms with E-state index in [1.54, 1.807) is 12.4 Å². The van der Waals surface area contributed by atoms with Crippen molar-refractivity contribution in [1.29, 1.82) is 0 Å². The van der Waals surface area contributed by atoms with Crippen molar-refractivity contribution in [3.8, 4) is 11.8 Å². The molecule has 31 heavy (non-hydrogen) atoms. The number of hydrogen-bond acceptors (Lipinski definition) is 4. The van der Waals surface area contributed by atoms with E-state index in [4.69, 9.17) is 0 Å². The van der Waals surface area contributed by atoms with Gasteiger partial charge in [0.15, 0.2) is 0 Å². The summed E-state index contributed by atoms with van der Waals surface area (Å²) < 4.78 is 0. The van der Waals surface area contributed by atoms with Gasteiger partial charge < -0.3 is 10.2 Å². The Hall–Kier alpha value is -2.39. The van der Waals surface area contributed by atoms with Crippen LogP contribution in [0.15, 0.2) is 18.5 Å². The summed E-state index contributed by atoms with van der Waals surface area (Å²) >= 11 is 0. The number of amides is 2. The maximum atomic E-state index is 13.0. The molecule has 0 radical (unpaired) electrons. The van der Waals surface area contributed by atoms with Crippen molar-refractivity contribution in [1.82, 2.24) is 20.1 Å². The second-order valence-electron chi connectivity index (χ2n) is 9.26. The third-order valence-corrected chi connectivity index (χ3v) is 6.96. The van der Waals surface area contributed by atoms with Crippen LogP contribution in [0, 0.1) is 11.8 Å². The topological polar surface area (TPSA) is 65.5 Å². The van der Waals surface area contributed by atoms with E-state index < -0.39 is 5.54 Å². The van der Waals surface area contributed by atoms with Crippen molar-refractivity contribution in [2.75, 3.05) is 26.2 Å². The molecule has 3 aliphatic rings. The molecule has 1 saturated carbocycles. The number of rotatable bonds is 4. The van der Waals surface area contributed by atoms with E-state index in [1.807, 2.05) is 17.9 Å². The van der Waals surface area contributed by atoms with Crippen LogP contribution < -0.4 is 5.32 Å². The van der Waals surface area contributed by atoms with Gasteiger partial charge in [-0.25, -0.2) is 0 Å². The van der Waals surface area contributed by atoms with Crippen molar-refractivity contribution in [3.05, 3.63) is 29.6 Å². The van der Waals surface area contributed by atoms with E-state index in [9.17, 15) is 9.59 Å². The first-order valence-corrected chi connectivity index (χ1v) is 11.9. The first-order chi connectivity index (χ1) is 15.1. The Labute approximate surface area is 185 Å². The number of nitrogens with zero attached hydrogens (tertiary/aromatic N) is 3. The Bertz CT molecular complexity index is 854. The highest BCUT2D eigenvalue weighted by Crippen LogP contribution is 2.28. The first-order valence-electron chi connectivity index (χ1n) is 11.9. The fourth-order valence-corrected chi connectivity index (χ4v) is 4.99. The van der Waals surface area contributed by atoms with Crippen LogP contribution >= 0.6 is 0 Å². The lowest BCUT2D eigenvalue weighted by Crippen LogP contribution is -2.54. The highest BCUT2D eigenvalue weighted by Gasteiger charge is 2.34. The molecule has 1 N–H and O–H groups in total. The summed E-state index contributed by atoms with van der Waals surface area (Å²) in [5.74, 6) is 6.76. The summed E-state index contributed by atoms with van der Waals surface area (Å²) in [6, 6.07) is 1.72. The number of carbonyl (C=O) groups excluding carboxylic acids is 2. The number of likely N-dealkylation sites (tertiary alicyclic amines) is 2. The van der Waals surface area contributed by atoms with Crippen LogP contribution in [0.1, 0.15) is 80.6 Å². The van der Waals surface area contributed by atoms with Gasteiger partial charge in [0.25, 0.3) is 5.91 Å². The van der Waals surface area contributed by atoms with Crippen LogP contribution in [0.3, 0.4) is 0 Å². The predicted molar refractivity (Wildman–Crippen MR) is 120 cm³/mol. The zero-order valence-corrected chi connectivity index (χ0v) is 18.7. The maximum absolute atomic E-state index is 13.0. The number of nitrogens with one attached hydrogen (secondary N) is 1. The van der Waals surface area contributed by atoms with Crippen LogP contribution in [0.25, 0.3) is 0 Å². The summed E-state index contributed by atoms with van der Waals surface area (Å²) in [7, 11) is 0. The molecule has 0 bridgehead atoms. The Morgan fingerprint density at radius 3 is 2.39 bits per heavy atom. The molecule has 6 heteroatoms. The minimum atomic E-state index is -0.488. The third kappa shape index (κ3) is 5.27. The molecular weight excluding hydrogens is 388 g/mol. The molecule has 1 aliphatic carbocycles. The van der Waals surface area contributed by atoms with E-state index in [2.05, 4.69) is 27.0 Å². The molecule has 1 atom stereocenters. The van der Waals surface area contributed by atoms with Crippen LogP contribution in [0.5, 0.6) is 0 Å². The fraction of sp³-hybridized carbons (Fsp3) is 0.640. The lowest BCUT2D eigenvalue weighted by molar-refractivity contribution is -0.127. The molecule has 3 heterocycles. The number of hydrogen-bond donors (Lipinski definition) is 1. The van der Waals surface area contributed by atoms with Crippen molar-refractivity contribution in [2.24, 2.45) is 0 Å². The first kappa shape index (κ1) is 21.8. The molecule has 2 aliphatic heterocycles. The van der Waals surface area contributed by atoms with Gasteiger partial charge in [0.05, 0.1) is 11.6 Å². The number of carbonyl (C=O) groups is 2. The van der Waals surface area contributed by atoms with Gasteiger partial charge >= 0.3 is 0 Å². The lowest BCUT2D eigenvalue weighted by atomic mass is 9.81. The highest BCUT2D eigenvalue weighted by molar-refractivity contribution is 5.94. The molecule has 1 aromatic rings. The second kappa shape index (κ2) is 9.82. The minimum Gasteiger partial charge on any atom is -0.339 e. The normalized spacial score (nSPS) is 21.9. The van der Waals surface area contributed by atoms with Gasteiger partial charge in [0.1, 0.15) is 5.54 Å². The highest BCUT2D eigenvalue weighted by atomic mass is 16.2.